The second-order valence-electron chi connectivity index (χ2n) is 7.69. The van der Waals surface area contributed by atoms with Crippen molar-refractivity contribution in [2.45, 2.75) is 11.8 Å². The number of carbonyl (C=O) groups excluding carboxylic acids is 3. The van der Waals surface area contributed by atoms with Crippen molar-refractivity contribution in [2.75, 3.05) is 4.90 Å². The fraction of sp³-hybridized carbons (Fsp3) is 0.0417. The molecule has 3 aromatic rings. The minimum Gasteiger partial charge on any atom is -0.377 e. The highest BCUT2D eigenvalue weighted by Crippen LogP contribution is 2.38. The predicted octanol–water partition coefficient (Wildman–Crippen LogP) is 6.26. The van der Waals surface area contributed by atoms with E-state index in [4.69, 9.17) is 27.4 Å². The van der Waals surface area contributed by atoms with E-state index in [-0.39, 0.29) is 30.9 Å². The lowest BCUT2D eigenvalue weighted by Crippen LogP contribution is -2.54. The summed E-state index contributed by atoms with van der Waals surface area (Å²) in [6, 6.07) is 12.2. The van der Waals surface area contributed by atoms with Crippen LogP contribution in [0.1, 0.15) is 11.1 Å². The Balaban J connectivity index is 1.69. The average molecular weight is 689 g/mol. The standard InChI is InChI=1S/C24H14Br2Cl2N2O6S/c1-12-2-3-15(28)11-20(12)30-23(32)17(22(31)29-24(30)33)8-13-9-18(25)21(19(26)10-13)36-37(34,35)16-6-4-14(27)5-7-16/h2-11H,1H3,(H,29,31,33)/b17-8+. The Kier molecular flexibility index (Phi) is 7.82. The molecule has 4 amide bonds. The first-order chi connectivity index (χ1) is 17.4. The highest BCUT2D eigenvalue weighted by Gasteiger charge is 2.37. The zero-order valence-electron chi connectivity index (χ0n) is 18.6. The smallest absolute Gasteiger partial charge is 0.339 e. The summed E-state index contributed by atoms with van der Waals surface area (Å²) < 4.78 is 31.1. The van der Waals surface area contributed by atoms with Gasteiger partial charge in [-0.1, -0.05) is 29.3 Å². The van der Waals surface area contributed by atoms with Crippen molar-refractivity contribution in [3.63, 3.8) is 0 Å². The van der Waals surface area contributed by atoms with Gasteiger partial charge in [0.25, 0.3) is 11.8 Å². The SMILES string of the molecule is Cc1ccc(Cl)cc1N1C(=O)NC(=O)/C(=C\c2cc(Br)c(OS(=O)(=O)c3ccc(Cl)cc3)c(Br)c2)C1=O. The van der Waals surface area contributed by atoms with E-state index in [1.165, 1.54) is 48.5 Å². The number of urea groups is 1. The number of hydrogen-bond donors (Lipinski definition) is 1. The molecule has 0 spiro atoms. The van der Waals surface area contributed by atoms with E-state index in [9.17, 15) is 22.8 Å². The van der Waals surface area contributed by atoms with E-state index in [2.05, 4.69) is 37.2 Å². The number of nitrogens with one attached hydrogen (secondary N) is 1. The maximum Gasteiger partial charge on any atom is 0.339 e. The molecule has 13 heteroatoms. The van der Waals surface area contributed by atoms with Gasteiger partial charge in [0.1, 0.15) is 10.5 Å². The summed E-state index contributed by atoms with van der Waals surface area (Å²) in [5, 5.41) is 2.82. The maximum atomic E-state index is 13.2. The van der Waals surface area contributed by atoms with Gasteiger partial charge in [-0.25, -0.2) is 9.69 Å². The Labute approximate surface area is 238 Å². The number of amides is 4. The molecule has 0 saturated carbocycles. The third-order valence-corrected chi connectivity index (χ3v) is 8.04. The molecule has 1 aliphatic heterocycles. The first kappa shape index (κ1) is 27.3. The van der Waals surface area contributed by atoms with Crippen LogP contribution < -0.4 is 14.4 Å². The number of benzene rings is 3. The van der Waals surface area contributed by atoms with Gasteiger partial charge in [-0.15, -0.1) is 0 Å². The molecule has 1 aliphatic rings. The molecule has 0 aromatic heterocycles. The molecule has 37 heavy (non-hydrogen) atoms. The molecule has 8 nitrogen and oxygen atoms in total. The summed E-state index contributed by atoms with van der Waals surface area (Å²) in [7, 11) is -4.19. The minimum absolute atomic E-state index is 0.0529. The lowest BCUT2D eigenvalue weighted by molar-refractivity contribution is -0.122. The van der Waals surface area contributed by atoms with Crippen molar-refractivity contribution in [3.8, 4) is 5.75 Å². The summed E-state index contributed by atoms with van der Waals surface area (Å²) in [5.41, 5.74) is 0.841. The number of barbiturate groups is 1. The lowest BCUT2D eigenvalue weighted by atomic mass is 10.1. The third-order valence-electron chi connectivity index (χ3n) is 5.14. The lowest BCUT2D eigenvalue weighted by Gasteiger charge is -2.27. The zero-order valence-corrected chi connectivity index (χ0v) is 24.1. The van der Waals surface area contributed by atoms with Crippen molar-refractivity contribution in [3.05, 3.63) is 90.3 Å². The number of halogens is 4. The van der Waals surface area contributed by atoms with Gasteiger partial charge < -0.3 is 4.18 Å². The van der Waals surface area contributed by atoms with Gasteiger partial charge in [-0.2, -0.15) is 8.42 Å². The molecule has 0 aliphatic carbocycles. The Morgan fingerprint density at radius 2 is 1.51 bits per heavy atom. The van der Waals surface area contributed by atoms with Crippen molar-refractivity contribution in [1.82, 2.24) is 5.32 Å². The van der Waals surface area contributed by atoms with E-state index < -0.39 is 28.0 Å². The molecule has 1 N–H and O–H groups in total. The van der Waals surface area contributed by atoms with Crippen LogP contribution in [0.5, 0.6) is 5.75 Å². The van der Waals surface area contributed by atoms with Gasteiger partial charge >= 0.3 is 16.1 Å². The van der Waals surface area contributed by atoms with Crippen molar-refractivity contribution >= 4 is 94.8 Å². The second kappa shape index (κ2) is 10.6. The molecular weight excluding hydrogens is 675 g/mol. The van der Waals surface area contributed by atoms with Crippen LogP contribution in [0.15, 0.2) is 74.0 Å². The van der Waals surface area contributed by atoms with Gasteiger partial charge in [0, 0.05) is 10.0 Å². The van der Waals surface area contributed by atoms with Crippen LogP contribution in [0.3, 0.4) is 0 Å². The Hall–Kier alpha value is -2.70. The number of rotatable bonds is 5. The fourth-order valence-electron chi connectivity index (χ4n) is 3.37. The molecule has 0 bridgehead atoms. The highest BCUT2D eigenvalue weighted by atomic mass is 79.9. The van der Waals surface area contributed by atoms with Crippen molar-refractivity contribution < 1.29 is 27.0 Å². The van der Waals surface area contributed by atoms with Crippen LogP contribution in [-0.2, 0) is 19.7 Å². The van der Waals surface area contributed by atoms with Crippen LogP contribution in [-0.4, -0.2) is 26.3 Å². The first-order valence-corrected chi connectivity index (χ1v) is 14.0. The number of hydrogen-bond acceptors (Lipinski definition) is 6. The van der Waals surface area contributed by atoms with Crippen molar-refractivity contribution in [1.29, 1.82) is 0 Å². The van der Waals surface area contributed by atoms with Crippen LogP contribution in [0, 0.1) is 6.92 Å². The Morgan fingerprint density at radius 3 is 2.14 bits per heavy atom. The second-order valence-corrected chi connectivity index (χ2v) is 11.8. The normalized spacial score (nSPS) is 15.2. The van der Waals surface area contributed by atoms with E-state index in [1.807, 2.05) is 0 Å². The maximum absolute atomic E-state index is 13.2. The number of anilines is 1. The molecule has 3 aromatic carbocycles. The molecular formula is C24H14Br2Cl2N2O6S. The molecule has 4 rings (SSSR count). The summed E-state index contributed by atoms with van der Waals surface area (Å²) in [5.74, 6) is -1.79. The van der Waals surface area contributed by atoms with Gasteiger partial charge in [0.05, 0.1) is 14.6 Å². The monoisotopic (exact) mass is 686 g/mol. The van der Waals surface area contributed by atoms with Gasteiger partial charge in [0.15, 0.2) is 5.75 Å². The molecule has 1 fully saturated rings. The van der Waals surface area contributed by atoms with Crippen LogP contribution in [0.2, 0.25) is 10.0 Å². The van der Waals surface area contributed by atoms with E-state index in [0.29, 0.717) is 21.2 Å². The highest BCUT2D eigenvalue weighted by molar-refractivity contribution is 9.11. The third kappa shape index (κ3) is 5.75. The van der Waals surface area contributed by atoms with Crippen LogP contribution >= 0.6 is 55.1 Å². The summed E-state index contributed by atoms with van der Waals surface area (Å²) in [6.45, 7) is 1.69. The number of carbonyl (C=O) groups is 3. The van der Waals surface area contributed by atoms with E-state index in [0.717, 1.165) is 4.90 Å². The number of nitrogens with zero attached hydrogens (tertiary/aromatic N) is 1. The Morgan fingerprint density at radius 1 is 0.919 bits per heavy atom. The molecule has 0 atom stereocenters. The van der Waals surface area contributed by atoms with E-state index >= 15 is 0 Å². The van der Waals surface area contributed by atoms with Crippen LogP contribution in [0.4, 0.5) is 10.5 Å². The summed E-state index contributed by atoms with van der Waals surface area (Å²) in [6.07, 6.45) is 1.27. The summed E-state index contributed by atoms with van der Waals surface area (Å²) >= 11 is 18.4. The minimum atomic E-state index is -4.19. The first-order valence-electron chi connectivity index (χ1n) is 10.2. The largest absolute Gasteiger partial charge is 0.377 e. The molecule has 0 radical (unpaired) electrons. The van der Waals surface area contributed by atoms with Crippen molar-refractivity contribution in [2.24, 2.45) is 0 Å². The quantitative estimate of drug-likeness (QED) is 0.193. The van der Waals surface area contributed by atoms with Crippen LogP contribution in [0.25, 0.3) is 6.08 Å². The van der Waals surface area contributed by atoms with Gasteiger partial charge in [-0.3, -0.25) is 14.9 Å². The summed E-state index contributed by atoms with van der Waals surface area (Å²) in [4.78, 5) is 39.0. The van der Waals surface area contributed by atoms with Gasteiger partial charge in [-0.05, 0) is 105 Å². The number of aryl methyl sites for hydroxylation is 1. The molecule has 0 unspecified atom stereocenters. The fourth-order valence-corrected chi connectivity index (χ4v) is 6.22. The molecule has 1 heterocycles. The number of imide groups is 2. The average Bonchev–Trinajstić information content (AvgIpc) is 2.81. The topological polar surface area (TPSA) is 110 Å². The molecule has 190 valence electrons. The zero-order chi connectivity index (χ0) is 27.1. The predicted molar refractivity (Wildman–Crippen MR) is 146 cm³/mol. The van der Waals surface area contributed by atoms with E-state index in [1.54, 1.807) is 19.1 Å². The Bertz CT molecular complexity index is 1580. The molecule has 1 saturated heterocycles. The van der Waals surface area contributed by atoms with Gasteiger partial charge in [0.2, 0.25) is 0 Å².